The Morgan fingerprint density at radius 2 is 1.22 bits per heavy atom. The van der Waals surface area contributed by atoms with Gasteiger partial charge in [-0.05, 0) is 20.3 Å². The van der Waals surface area contributed by atoms with E-state index in [1.807, 2.05) is 13.8 Å². The van der Waals surface area contributed by atoms with Crippen LogP contribution >= 0.6 is 0 Å². The molecule has 0 bridgehead atoms. The van der Waals surface area contributed by atoms with Crippen LogP contribution in [-0.2, 0) is 18.9 Å². The van der Waals surface area contributed by atoms with Crippen molar-refractivity contribution in [1.82, 2.24) is 0 Å². The summed E-state index contributed by atoms with van der Waals surface area (Å²) < 4.78 is 21.7. The van der Waals surface area contributed by atoms with Crippen LogP contribution < -0.4 is 0 Å². The molecule has 23 heavy (non-hydrogen) atoms. The molecule has 0 rings (SSSR count). The van der Waals surface area contributed by atoms with Gasteiger partial charge in [-0.1, -0.05) is 58.3 Å². The number of unbranched alkanes of at least 4 members (excludes halogenated alkanes) is 8. The normalized spacial score (nSPS) is 12.0. The van der Waals surface area contributed by atoms with Gasteiger partial charge in [-0.2, -0.15) is 0 Å². The summed E-state index contributed by atoms with van der Waals surface area (Å²) in [5.74, 6) is 1.30. The minimum absolute atomic E-state index is 0.184. The Morgan fingerprint density at radius 3 is 1.74 bits per heavy atom. The predicted molar refractivity (Wildman–Crippen MR) is 95.1 cm³/mol. The van der Waals surface area contributed by atoms with Crippen LogP contribution in [0.15, 0.2) is 11.7 Å². The molecule has 0 spiro atoms. The molecular formula is C19H38O4. The van der Waals surface area contributed by atoms with Gasteiger partial charge in [0.05, 0.1) is 13.2 Å². The minimum Gasteiger partial charge on any atom is -0.491 e. The van der Waals surface area contributed by atoms with Gasteiger partial charge in [0.1, 0.15) is 0 Å². The van der Waals surface area contributed by atoms with Crippen LogP contribution in [0.5, 0.6) is 0 Å². The molecule has 138 valence electrons. The molecular weight excluding hydrogens is 292 g/mol. The fraction of sp³-hybridized carbons (Fsp3) is 0.895. The van der Waals surface area contributed by atoms with E-state index in [0.29, 0.717) is 19.2 Å². The number of ether oxygens (including phenoxy) is 4. The van der Waals surface area contributed by atoms with Crippen molar-refractivity contribution >= 4 is 0 Å². The summed E-state index contributed by atoms with van der Waals surface area (Å²) in [6.07, 6.45) is 12.7. The number of rotatable bonds is 17. The smallest absolute Gasteiger partial charge is 0.321 e. The molecule has 0 atom stereocenters. The summed E-state index contributed by atoms with van der Waals surface area (Å²) in [4.78, 5) is 0. The van der Waals surface area contributed by atoms with E-state index in [4.69, 9.17) is 18.9 Å². The average molecular weight is 331 g/mol. The van der Waals surface area contributed by atoms with E-state index >= 15 is 0 Å². The SMILES string of the molecule is CCCCCCCCCCCC(OCC)=C(OCC)OCOC. The molecule has 0 radical (unpaired) electrons. The first-order chi connectivity index (χ1) is 11.3. The first-order valence-electron chi connectivity index (χ1n) is 9.40. The van der Waals surface area contributed by atoms with Crippen molar-refractivity contribution in [2.45, 2.75) is 85.0 Å². The lowest BCUT2D eigenvalue weighted by Crippen LogP contribution is -2.07. The van der Waals surface area contributed by atoms with Crippen LogP contribution in [0, 0.1) is 0 Å². The maximum Gasteiger partial charge on any atom is 0.321 e. The van der Waals surface area contributed by atoms with Gasteiger partial charge in [0, 0.05) is 13.5 Å². The molecule has 0 aromatic heterocycles. The highest BCUT2D eigenvalue weighted by Crippen LogP contribution is 2.19. The maximum atomic E-state index is 5.70. The molecule has 0 saturated carbocycles. The van der Waals surface area contributed by atoms with E-state index in [1.54, 1.807) is 7.11 Å². The fourth-order valence-electron chi connectivity index (χ4n) is 2.45. The molecule has 4 heteroatoms. The standard InChI is InChI=1S/C19H38O4/c1-5-8-9-10-11-12-13-14-15-16-18(21-6-2)19(22-7-3)23-17-20-4/h5-17H2,1-4H3. The maximum absolute atomic E-state index is 5.70. The molecule has 0 heterocycles. The Kier molecular flexibility index (Phi) is 16.8. The molecule has 0 aliphatic carbocycles. The van der Waals surface area contributed by atoms with Gasteiger partial charge >= 0.3 is 5.95 Å². The molecule has 4 nitrogen and oxygen atoms in total. The zero-order chi connectivity index (χ0) is 17.2. The number of allylic oxidation sites excluding steroid dienone is 1. The van der Waals surface area contributed by atoms with Crippen molar-refractivity contribution in [3.63, 3.8) is 0 Å². The quantitative estimate of drug-likeness (QED) is 0.193. The van der Waals surface area contributed by atoms with Gasteiger partial charge < -0.3 is 18.9 Å². The lowest BCUT2D eigenvalue weighted by Gasteiger charge is -2.16. The lowest BCUT2D eigenvalue weighted by molar-refractivity contribution is -0.0663. The molecule has 0 saturated heterocycles. The van der Waals surface area contributed by atoms with E-state index < -0.39 is 0 Å². The van der Waals surface area contributed by atoms with E-state index in [0.717, 1.165) is 18.6 Å². The number of hydrogen-bond acceptors (Lipinski definition) is 4. The zero-order valence-electron chi connectivity index (χ0n) is 15.8. The van der Waals surface area contributed by atoms with E-state index in [2.05, 4.69) is 6.92 Å². The van der Waals surface area contributed by atoms with E-state index in [-0.39, 0.29) is 6.79 Å². The van der Waals surface area contributed by atoms with Gasteiger partial charge in [-0.25, -0.2) is 0 Å². The number of hydrogen-bond donors (Lipinski definition) is 0. The van der Waals surface area contributed by atoms with Crippen molar-refractivity contribution in [3.05, 3.63) is 11.7 Å². The van der Waals surface area contributed by atoms with Crippen molar-refractivity contribution < 1.29 is 18.9 Å². The molecule has 0 aromatic carbocycles. The van der Waals surface area contributed by atoms with Crippen LogP contribution in [0.2, 0.25) is 0 Å². The molecule has 0 N–H and O–H groups in total. The van der Waals surface area contributed by atoms with Gasteiger partial charge in [-0.15, -0.1) is 0 Å². The van der Waals surface area contributed by atoms with Gasteiger partial charge in [0.2, 0.25) is 0 Å². The number of methoxy groups -OCH3 is 1. The first kappa shape index (κ1) is 22.1. The summed E-state index contributed by atoms with van der Waals surface area (Å²) in [6.45, 7) is 7.56. The monoisotopic (exact) mass is 330 g/mol. The second-order valence-corrected chi connectivity index (χ2v) is 5.71. The highest BCUT2D eigenvalue weighted by molar-refractivity contribution is 4.95. The average Bonchev–Trinajstić information content (AvgIpc) is 2.56. The van der Waals surface area contributed by atoms with Gasteiger partial charge in [-0.3, -0.25) is 0 Å². The van der Waals surface area contributed by atoms with Crippen LogP contribution in [-0.4, -0.2) is 27.1 Å². The summed E-state index contributed by atoms with van der Waals surface area (Å²) in [5.41, 5.74) is 0. The Balaban J connectivity index is 4.01. The third-order valence-electron chi connectivity index (χ3n) is 3.64. The fourth-order valence-corrected chi connectivity index (χ4v) is 2.45. The highest BCUT2D eigenvalue weighted by Gasteiger charge is 2.11. The Bertz CT molecular complexity index is 277. The Labute approximate surface area is 143 Å². The van der Waals surface area contributed by atoms with Crippen LogP contribution in [0.4, 0.5) is 0 Å². The topological polar surface area (TPSA) is 36.9 Å². The molecule has 0 amide bonds. The van der Waals surface area contributed by atoms with Gasteiger partial charge in [0.15, 0.2) is 12.6 Å². The predicted octanol–water partition coefficient (Wildman–Crippen LogP) is 5.77. The molecule has 0 aliphatic heterocycles. The summed E-state index contributed by atoms with van der Waals surface area (Å²) in [7, 11) is 1.60. The molecule has 0 aliphatic rings. The van der Waals surface area contributed by atoms with Crippen LogP contribution in [0.3, 0.4) is 0 Å². The first-order valence-corrected chi connectivity index (χ1v) is 9.40. The van der Waals surface area contributed by atoms with Crippen molar-refractivity contribution in [2.75, 3.05) is 27.1 Å². The van der Waals surface area contributed by atoms with Crippen molar-refractivity contribution in [2.24, 2.45) is 0 Å². The Morgan fingerprint density at radius 1 is 0.652 bits per heavy atom. The summed E-state index contributed by atoms with van der Waals surface area (Å²) in [5, 5.41) is 0. The lowest BCUT2D eigenvalue weighted by atomic mass is 10.1. The molecule has 0 fully saturated rings. The van der Waals surface area contributed by atoms with Crippen molar-refractivity contribution in [3.8, 4) is 0 Å². The minimum atomic E-state index is 0.184. The molecule has 0 unspecified atom stereocenters. The van der Waals surface area contributed by atoms with E-state index in [9.17, 15) is 0 Å². The van der Waals surface area contributed by atoms with E-state index in [1.165, 1.54) is 51.4 Å². The zero-order valence-corrected chi connectivity index (χ0v) is 15.8. The summed E-state index contributed by atoms with van der Waals surface area (Å²) >= 11 is 0. The van der Waals surface area contributed by atoms with Crippen molar-refractivity contribution in [1.29, 1.82) is 0 Å². The summed E-state index contributed by atoms with van der Waals surface area (Å²) in [6, 6.07) is 0. The highest BCUT2D eigenvalue weighted by atomic mass is 16.7. The third-order valence-corrected chi connectivity index (χ3v) is 3.64. The second kappa shape index (κ2) is 17.5. The molecule has 0 aromatic rings. The Hall–Kier alpha value is -0.900. The second-order valence-electron chi connectivity index (χ2n) is 5.71. The van der Waals surface area contributed by atoms with Crippen LogP contribution in [0.1, 0.15) is 85.0 Å². The largest absolute Gasteiger partial charge is 0.491 e. The van der Waals surface area contributed by atoms with Crippen LogP contribution in [0.25, 0.3) is 0 Å². The third kappa shape index (κ3) is 13.3. The van der Waals surface area contributed by atoms with Gasteiger partial charge in [0.25, 0.3) is 0 Å².